The third-order valence-electron chi connectivity index (χ3n) is 4.87. The van der Waals surface area contributed by atoms with Gasteiger partial charge in [0.1, 0.15) is 5.75 Å². The Bertz CT molecular complexity index is 1300. The predicted molar refractivity (Wildman–Crippen MR) is 115 cm³/mol. The number of nitrogens with zero attached hydrogens (tertiary/aromatic N) is 3. The van der Waals surface area contributed by atoms with Crippen molar-refractivity contribution in [1.29, 1.82) is 0 Å². The number of ether oxygens (including phenoxy) is 1. The van der Waals surface area contributed by atoms with Gasteiger partial charge in [0.2, 0.25) is 0 Å². The van der Waals surface area contributed by atoms with Gasteiger partial charge in [0.05, 0.1) is 23.6 Å². The summed E-state index contributed by atoms with van der Waals surface area (Å²) in [6.07, 6.45) is -0.999. The van der Waals surface area contributed by atoms with Gasteiger partial charge in [0.25, 0.3) is 5.91 Å². The Balaban J connectivity index is 1.51. The summed E-state index contributed by atoms with van der Waals surface area (Å²) < 4.78 is 61.9. The number of halogens is 4. The first-order chi connectivity index (χ1) is 16.2. The first-order valence-corrected chi connectivity index (χ1v) is 10.1. The highest BCUT2D eigenvalue weighted by Gasteiger charge is 2.40. The van der Waals surface area contributed by atoms with Crippen molar-refractivity contribution in [2.24, 2.45) is 0 Å². The molecule has 2 aromatic heterocycles. The van der Waals surface area contributed by atoms with Crippen LogP contribution in [0.5, 0.6) is 11.5 Å². The standard InChI is InChI=1S/C24H18F4N4O2/c1-15-4-7-17(8-5-15)32-22(24(26,27)28)19(14-31-32)23(33)30-12-16-6-9-21(20(25)11-16)34-18-3-2-10-29-13-18/h2-11,13-14H,12H2,1H3,(H,30,33). The van der Waals surface area contributed by atoms with E-state index in [0.29, 0.717) is 16.0 Å². The van der Waals surface area contributed by atoms with Gasteiger partial charge in [-0.2, -0.15) is 18.3 Å². The number of nitrogens with one attached hydrogen (secondary N) is 1. The van der Waals surface area contributed by atoms with E-state index in [1.165, 1.54) is 30.5 Å². The molecule has 1 N–H and O–H groups in total. The Kier molecular flexibility index (Phi) is 6.31. The Morgan fingerprint density at radius 1 is 1.09 bits per heavy atom. The molecule has 0 spiro atoms. The van der Waals surface area contributed by atoms with E-state index in [-0.39, 0.29) is 18.0 Å². The molecule has 1 amide bonds. The second-order valence-electron chi connectivity index (χ2n) is 7.39. The van der Waals surface area contributed by atoms with Crippen LogP contribution in [0.1, 0.15) is 27.2 Å². The summed E-state index contributed by atoms with van der Waals surface area (Å²) in [5, 5.41) is 6.17. The lowest BCUT2D eigenvalue weighted by atomic mass is 10.1. The third kappa shape index (κ3) is 5.06. The van der Waals surface area contributed by atoms with Crippen molar-refractivity contribution in [3.8, 4) is 17.2 Å². The summed E-state index contributed by atoms with van der Waals surface area (Å²) in [6.45, 7) is 1.60. The topological polar surface area (TPSA) is 69.0 Å². The summed E-state index contributed by atoms with van der Waals surface area (Å²) in [4.78, 5) is 16.5. The molecule has 0 saturated heterocycles. The summed E-state index contributed by atoms with van der Waals surface area (Å²) in [5.74, 6) is -1.39. The summed E-state index contributed by atoms with van der Waals surface area (Å²) in [6, 6.07) is 13.5. The molecule has 0 unspecified atom stereocenters. The number of alkyl halides is 3. The third-order valence-corrected chi connectivity index (χ3v) is 4.87. The fourth-order valence-corrected chi connectivity index (χ4v) is 3.22. The summed E-state index contributed by atoms with van der Waals surface area (Å²) in [7, 11) is 0. The molecule has 4 rings (SSSR count). The minimum absolute atomic E-state index is 0.0539. The van der Waals surface area contributed by atoms with Crippen LogP contribution < -0.4 is 10.1 Å². The van der Waals surface area contributed by atoms with Gasteiger partial charge in [-0.1, -0.05) is 23.8 Å². The smallest absolute Gasteiger partial charge is 0.434 e. The maximum Gasteiger partial charge on any atom is 0.434 e. The molecule has 4 aromatic rings. The number of rotatable bonds is 6. The van der Waals surface area contributed by atoms with Gasteiger partial charge in [-0.15, -0.1) is 0 Å². The highest BCUT2D eigenvalue weighted by molar-refractivity contribution is 5.95. The number of amides is 1. The number of pyridine rings is 1. The zero-order valence-electron chi connectivity index (χ0n) is 17.8. The van der Waals surface area contributed by atoms with Crippen molar-refractivity contribution in [2.45, 2.75) is 19.6 Å². The second kappa shape index (κ2) is 9.34. The Morgan fingerprint density at radius 2 is 1.85 bits per heavy atom. The molecule has 0 atom stereocenters. The van der Waals surface area contributed by atoms with E-state index < -0.39 is 29.2 Å². The largest absolute Gasteiger partial charge is 0.453 e. The molecule has 2 aromatic carbocycles. The van der Waals surface area contributed by atoms with Gasteiger partial charge < -0.3 is 10.1 Å². The van der Waals surface area contributed by atoms with E-state index in [2.05, 4.69) is 15.4 Å². The van der Waals surface area contributed by atoms with Gasteiger partial charge in [0, 0.05) is 12.7 Å². The maximum atomic E-state index is 14.4. The molecule has 2 heterocycles. The van der Waals surface area contributed by atoms with Crippen molar-refractivity contribution in [3.63, 3.8) is 0 Å². The molecule has 0 bridgehead atoms. The number of aryl methyl sites for hydroxylation is 1. The lowest BCUT2D eigenvalue weighted by Gasteiger charge is -2.13. The number of aromatic nitrogens is 3. The Labute approximate surface area is 191 Å². The zero-order valence-corrected chi connectivity index (χ0v) is 17.8. The Hall–Kier alpha value is -4.21. The van der Waals surface area contributed by atoms with Crippen LogP contribution >= 0.6 is 0 Å². The molecule has 10 heteroatoms. The molecule has 174 valence electrons. The highest BCUT2D eigenvalue weighted by atomic mass is 19.4. The number of carbonyl (C=O) groups is 1. The molecule has 0 aliphatic heterocycles. The van der Waals surface area contributed by atoms with E-state index in [0.717, 1.165) is 17.8 Å². The number of hydrogen-bond donors (Lipinski definition) is 1. The maximum absolute atomic E-state index is 14.4. The van der Waals surface area contributed by atoms with E-state index in [1.54, 1.807) is 37.4 Å². The average molecular weight is 470 g/mol. The fraction of sp³-hybridized carbons (Fsp3) is 0.125. The Morgan fingerprint density at radius 3 is 2.50 bits per heavy atom. The average Bonchev–Trinajstić information content (AvgIpc) is 3.26. The van der Waals surface area contributed by atoms with Crippen LogP contribution in [0, 0.1) is 12.7 Å². The van der Waals surface area contributed by atoms with Crippen LogP contribution in [0.4, 0.5) is 17.6 Å². The summed E-state index contributed by atoms with van der Waals surface area (Å²) >= 11 is 0. The SMILES string of the molecule is Cc1ccc(-n2ncc(C(=O)NCc3ccc(Oc4cccnc4)c(F)c3)c2C(F)(F)F)cc1. The molecule has 0 saturated carbocycles. The molecule has 0 aliphatic rings. The number of benzene rings is 2. The molecule has 0 aliphatic carbocycles. The first kappa shape index (κ1) is 23.0. The van der Waals surface area contributed by atoms with Crippen LogP contribution in [-0.4, -0.2) is 20.7 Å². The zero-order chi connectivity index (χ0) is 24.3. The van der Waals surface area contributed by atoms with Gasteiger partial charge in [-0.25, -0.2) is 9.07 Å². The second-order valence-corrected chi connectivity index (χ2v) is 7.39. The quantitative estimate of drug-likeness (QED) is 0.380. The van der Waals surface area contributed by atoms with Gasteiger partial charge in [-0.3, -0.25) is 9.78 Å². The van der Waals surface area contributed by atoms with E-state index in [9.17, 15) is 22.4 Å². The highest BCUT2D eigenvalue weighted by Crippen LogP contribution is 2.34. The van der Waals surface area contributed by atoms with E-state index >= 15 is 0 Å². The van der Waals surface area contributed by atoms with E-state index in [1.807, 2.05) is 0 Å². The van der Waals surface area contributed by atoms with Crippen LogP contribution in [0.15, 0.2) is 73.2 Å². The molecule has 6 nitrogen and oxygen atoms in total. The van der Waals surface area contributed by atoms with Crippen LogP contribution in [0.25, 0.3) is 5.69 Å². The molecule has 34 heavy (non-hydrogen) atoms. The minimum atomic E-state index is -4.83. The van der Waals surface area contributed by atoms with Crippen molar-refractivity contribution < 1.29 is 27.1 Å². The van der Waals surface area contributed by atoms with Crippen LogP contribution in [0.3, 0.4) is 0 Å². The fourth-order valence-electron chi connectivity index (χ4n) is 3.22. The number of hydrogen-bond acceptors (Lipinski definition) is 4. The first-order valence-electron chi connectivity index (χ1n) is 10.1. The van der Waals surface area contributed by atoms with Crippen LogP contribution in [0.2, 0.25) is 0 Å². The molecular formula is C24H18F4N4O2. The van der Waals surface area contributed by atoms with Gasteiger partial charge in [-0.05, 0) is 48.9 Å². The van der Waals surface area contributed by atoms with E-state index in [4.69, 9.17) is 4.74 Å². The predicted octanol–water partition coefficient (Wildman–Crippen LogP) is 5.46. The van der Waals surface area contributed by atoms with Crippen LogP contribution in [-0.2, 0) is 12.7 Å². The van der Waals surface area contributed by atoms with Crippen molar-refractivity contribution in [3.05, 3.63) is 101 Å². The number of carbonyl (C=O) groups excluding carboxylic acids is 1. The van der Waals surface area contributed by atoms with Crippen molar-refractivity contribution in [2.75, 3.05) is 0 Å². The molecule has 0 fully saturated rings. The van der Waals surface area contributed by atoms with Gasteiger partial charge in [0.15, 0.2) is 17.3 Å². The van der Waals surface area contributed by atoms with Crippen molar-refractivity contribution >= 4 is 5.91 Å². The molecule has 0 radical (unpaired) electrons. The monoisotopic (exact) mass is 470 g/mol. The summed E-state index contributed by atoms with van der Waals surface area (Å²) in [5.41, 5.74) is -0.455. The van der Waals surface area contributed by atoms with Crippen molar-refractivity contribution in [1.82, 2.24) is 20.1 Å². The minimum Gasteiger partial charge on any atom is -0.453 e. The molecular weight excluding hydrogens is 452 g/mol. The van der Waals surface area contributed by atoms with Gasteiger partial charge >= 0.3 is 6.18 Å². The lowest BCUT2D eigenvalue weighted by molar-refractivity contribution is -0.143. The lowest BCUT2D eigenvalue weighted by Crippen LogP contribution is -2.26. The normalized spacial score (nSPS) is 11.3.